The highest BCUT2D eigenvalue weighted by molar-refractivity contribution is 6.00. The van der Waals surface area contributed by atoms with Crippen molar-refractivity contribution in [1.29, 1.82) is 0 Å². The predicted molar refractivity (Wildman–Crippen MR) is 250 cm³/mol. The van der Waals surface area contributed by atoms with Crippen LogP contribution in [0.3, 0.4) is 0 Å². The molecule has 426 valence electrons. The number of amides is 10. The summed E-state index contributed by atoms with van der Waals surface area (Å²) in [6.45, 7) is -2.89. The minimum Gasteiger partial charge on any atom is -0.479 e. The van der Waals surface area contributed by atoms with Crippen LogP contribution in [0, 0.1) is 0 Å². The van der Waals surface area contributed by atoms with Crippen molar-refractivity contribution in [1.82, 2.24) is 52.9 Å². The molecule has 0 spiro atoms. The first-order valence-corrected chi connectivity index (χ1v) is 24.0. The van der Waals surface area contributed by atoms with Crippen LogP contribution < -0.4 is 47.9 Å². The number of unbranched alkanes of at least 4 members (excludes halogenated alkanes) is 8. The molecule has 0 radical (unpaired) electrons. The lowest BCUT2D eigenvalue weighted by Crippen LogP contribution is -2.65. The van der Waals surface area contributed by atoms with Gasteiger partial charge in [0.2, 0.25) is 53.2 Å². The SMILES string of the molecule is CCCCCCCCCCCC(=O)N[C@H](C(=O)N[C@H](CO)C(=O)NCC(=O)N[C@H](CO)C(=O)N[C@@H](CO)C(=O)N[C@H](C(=O)N[C@@H](C(=O)N[C@@H](CO)C(=O)N[C@H]1CCCN(O)C1=O)[C@@H](C)O)[C@@H](O)C(=O)O)[C@H](O)C(=O)O. The molecule has 1 rings (SSSR count). The molecule has 32 heteroatoms. The van der Waals surface area contributed by atoms with Crippen molar-refractivity contribution in [2.45, 2.75) is 158 Å². The molecule has 0 aliphatic carbocycles. The summed E-state index contributed by atoms with van der Waals surface area (Å²) in [7, 11) is 0. The van der Waals surface area contributed by atoms with Crippen LogP contribution in [-0.4, -0.2) is 233 Å². The first-order chi connectivity index (χ1) is 35.4. The molecule has 0 aromatic carbocycles. The molecule has 75 heavy (non-hydrogen) atoms. The highest BCUT2D eigenvalue weighted by Crippen LogP contribution is 2.12. The van der Waals surface area contributed by atoms with Gasteiger partial charge < -0.3 is 93.8 Å². The van der Waals surface area contributed by atoms with Crippen molar-refractivity contribution in [3.8, 4) is 0 Å². The van der Waals surface area contributed by atoms with Gasteiger partial charge in [0.1, 0.15) is 48.3 Å². The molecule has 0 aromatic heterocycles. The Morgan fingerprint density at radius 3 is 1.45 bits per heavy atom. The third-order valence-electron chi connectivity index (χ3n) is 11.3. The fourth-order valence-corrected chi connectivity index (χ4v) is 6.98. The quantitative estimate of drug-likeness (QED) is 0.0205. The fourth-order valence-electron chi connectivity index (χ4n) is 6.98. The minimum absolute atomic E-state index is 0.0221. The first-order valence-electron chi connectivity index (χ1n) is 24.0. The lowest BCUT2D eigenvalue weighted by atomic mass is 10.1. The second kappa shape index (κ2) is 34.7. The molecule has 1 aliphatic heterocycles. The Kier molecular flexibility index (Phi) is 30.7. The average molecular weight is 1080 g/mol. The van der Waals surface area contributed by atoms with Crippen LogP contribution in [0.1, 0.15) is 90.9 Å². The van der Waals surface area contributed by atoms with E-state index in [9.17, 15) is 109 Å². The van der Waals surface area contributed by atoms with Crippen LogP contribution in [0.25, 0.3) is 0 Å². The maximum absolute atomic E-state index is 13.3. The van der Waals surface area contributed by atoms with Gasteiger partial charge in [-0.05, 0) is 26.2 Å². The third-order valence-corrected chi connectivity index (χ3v) is 11.3. The summed E-state index contributed by atoms with van der Waals surface area (Å²) in [4.78, 5) is 152. The number of carboxylic acids is 2. The Labute approximate surface area is 429 Å². The summed E-state index contributed by atoms with van der Waals surface area (Å²) in [5.41, 5.74) is 0. The second-order valence-corrected chi connectivity index (χ2v) is 17.3. The van der Waals surface area contributed by atoms with Gasteiger partial charge in [0, 0.05) is 13.0 Å². The zero-order valence-electron chi connectivity index (χ0n) is 41.4. The van der Waals surface area contributed by atoms with Crippen LogP contribution in [0.15, 0.2) is 0 Å². The Morgan fingerprint density at radius 2 is 0.947 bits per heavy atom. The number of hydroxylamine groups is 2. The van der Waals surface area contributed by atoms with E-state index in [2.05, 4.69) is 17.6 Å². The largest absolute Gasteiger partial charge is 0.479 e. The highest BCUT2D eigenvalue weighted by Gasteiger charge is 2.40. The Balaban J connectivity index is 2.95. The summed E-state index contributed by atoms with van der Waals surface area (Å²) < 4.78 is 0. The highest BCUT2D eigenvalue weighted by atomic mass is 16.5. The molecule has 1 aliphatic rings. The van der Waals surface area contributed by atoms with E-state index in [-0.39, 0.29) is 25.8 Å². The summed E-state index contributed by atoms with van der Waals surface area (Å²) in [6.07, 6.45) is 1.35. The number of aliphatic carboxylic acids is 2. The van der Waals surface area contributed by atoms with E-state index in [1.807, 2.05) is 31.9 Å². The number of hydrogen-bond acceptors (Lipinski definition) is 20. The van der Waals surface area contributed by atoms with Crippen LogP contribution in [0.5, 0.6) is 0 Å². The predicted octanol–water partition coefficient (Wildman–Crippen LogP) is -8.85. The molecule has 0 saturated carbocycles. The molecule has 1 fully saturated rings. The van der Waals surface area contributed by atoms with Crippen molar-refractivity contribution < 1.29 is 109 Å². The number of aliphatic hydroxyl groups excluding tert-OH is 7. The number of carboxylic acid groups (broad SMARTS) is 2. The molecule has 0 unspecified atom stereocenters. The molecule has 19 N–H and O–H groups in total. The minimum atomic E-state index is -2.84. The van der Waals surface area contributed by atoms with Gasteiger partial charge >= 0.3 is 11.9 Å². The van der Waals surface area contributed by atoms with Gasteiger partial charge in [-0.15, -0.1) is 0 Å². The fraction of sp³-hybridized carbons (Fsp3) is 0.721. The number of piperidine rings is 1. The third kappa shape index (κ3) is 23.2. The number of carbonyl (C=O) groups is 12. The lowest BCUT2D eigenvalue weighted by Gasteiger charge is -2.30. The zero-order chi connectivity index (χ0) is 56.9. The summed E-state index contributed by atoms with van der Waals surface area (Å²) in [5, 5.41) is 117. The van der Waals surface area contributed by atoms with Crippen LogP contribution in [0.4, 0.5) is 0 Å². The van der Waals surface area contributed by atoms with Crippen LogP contribution in [0.2, 0.25) is 0 Å². The summed E-state index contributed by atoms with van der Waals surface area (Å²) >= 11 is 0. The summed E-state index contributed by atoms with van der Waals surface area (Å²) in [6, 6.07) is -16.0. The summed E-state index contributed by atoms with van der Waals surface area (Å²) in [5.74, 6) is -17.0. The van der Waals surface area contributed by atoms with Gasteiger partial charge in [-0.25, -0.2) is 14.7 Å². The smallest absolute Gasteiger partial charge is 0.335 e. The van der Waals surface area contributed by atoms with Gasteiger partial charge in [0.25, 0.3) is 5.91 Å². The first kappa shape index (κ1) is 66.3. The topological polar surface area (TPSA) is 519 Å². The van der Waals surface area contributed by atoms with Gasteiger partial charge in [-0.3, -0.25) is 53.2 Å². The number of nitrogens with zero attached hydrogens (tertiary/aromatic N) is 1. The van der Waals surface area contributed by atoms with Gasteiger partial charge in [0.15, 0.2) is 12.2 Å². The second-order valence-electron chi connectivity index (χ2n) is 17.3. The lowest BCUT2D eigenvalue weighted by molar-refractivity contribution is -0.173. The van der Waals surface area contributed by atoms with E-state index >= 15 is 0 Å². The zero-order valence-corrected chi connectivity index (χ0v) is 41.4. The molecule has 0 bridgehead atoms. The van der Waals surface area contributed by atoms with Crippen molar-refractivity contribution in [3.05, 3.63) is 0 Å². The number of hydrogen-bond donors (Lipinski definition) is 19. The van der Waals surface area contributed by atoms with E-state index in [1.165, 1.54) is 0 Å². The van der Waals surface area contributed by atoms with Crippen molar-refractivity contribution in [2.75, 3.05) is 39.5 Å². The van der Waals surface area contributed by atoms with E-state index in [0.717, 1.165) is 51.9 Å². The molecule has 1 saturated heterocycles. The van der Waals surface area contributed by atoms with Crippen LogP contribution in [-0.2, 0) is 57.5 Å². The number of nitrogens with one attached hydrogen (secondary N) is 9. The van der Waals surface area contributed by atoms with Gasteiger partial charge in [-0.2, -0.15) is 0 Å². The molecule has 10 amide bonds. The maximum atomic E-state index is 13.3. The molecule has 1 heterocycles. The number of aliphatic hydroxyl groups is 7. The monoisotopic (exact) mass is 1080 g/mol. The van der Waals surface area contributed by atoms with Crippen molar-refractivity contribution >= 4 is 71.0 Å². The Bertz CT molecular complexity index is 1960. The molecular formula is C43H72N10O22. The van der Waals surface area contributed by atoms with Gasteiger partial charge in [0.05, 0.1) is 39.1 Å². The van der Waals surface area contributed by atoms with Gasteiger partial charge in [-0.1, -0.05) is 58.3 Å². The number of carbonyl (C=O) groups excluding carboxylic acids is 10. The number of rotatable bonds is 36. The van der Waals surface area contributed by atoms with Crippen molar-refractivity contribution in [3.63, 3.8) is 0 Å². The molecular weight excluding hydrogens is 1010 g/mol. The van der Waals surface area contributed by atoms with E-state index in [1.54, 1.807) is 5.32 Å². The van der Waals surface area contributed by atoms with E-state index < -0.39 is 171 Å². The molecule has 11 atom stereocenters. The van der Waals surface area contributed by atoms with Crippen LogP contribution >= 0.6 is 0 Å². The maximum Gasteiger partial charge on any atom is 0.335 e. The average Bonchev–Trinajstić information content (AvgIpc) is 3.37. The standard InChI is InChI=1S/C43H72N10O22/c1-3-4-5-6-7-8-9-10-11-14-27(59)50-30(32(61)42(71)72)39(68)48-23(17-54)34(63)44-16-28(60)45-24(18-55)35(64)47-26(20-57)37(66)52-31(33(62)43(73)74)40(69)51-29(21(2)58)38(67)49-25(19-56)36(65)46-22-13-12-15-53(75)41(22)70/h21-26,29-33,54-58,61-62,75H,3-20H2,1-2H3,(H,44,63)(H,45,60)(H,46,65)(H,47,64)(H,48,68)(H,49,67)(H,50,59)(H,51,69)(H,52,66)(H,71,72)(H,73,74)/t21-,22+,23-,24-,25+,26+,29-,30+,31+,32+,33-/m1/s1. The Morgan fingerprint density at radius 1 is 0.533 bits per heavy atom. The molecule has 0 aromatic rings. The molecule has 32 nitrogen and oxygen atoms in total. The van der Waals surface area contributed by atoms with Crippen molar-refractivity contribution in [2.24, 2.45) is 0 Å². The normalized spacial score (nSPS) is 17.3. The Hall–Kier alpha value is -6.68. The van der Waals surface area contributed by atoms with E-state index in [4.69, 9.17) is 0 Å². The van der Waals surface area contributed by atoms with E-state index in [0.29, 0.717) is 17.9 Å².